The third-order valence-electron chi connectivity index (χ3n) is 3.58. The van der Waals surface area contributed by atoms with Gasteiger partial charge in [-0.2, -0.15) is 0 Å². The van der Waals surface area contributed by atoms with Crippen LogP contribution in [0, 0.1) is 11.7 Å². The van der Waals surface area contributed by atoms with Crippen LogP contribution < -0.4 is 0 Å². The van der Waals surface area contributed by atoms with Gasteiger partial charge in [0.05, 0.1) is 23.1 Å². The molecule has 0 radical (unpaired) electrons. The molecule has 1 heterocycles. The first-order valence-electron chi connectivity index (χ1n) is 6.94. The number of amides is 1. The van der Waals surface area contributed by atoms with Crippen LogP contribution in [-0.4, -0.2) is 36.5 Å². The van der Waals surface area contributed by atoms with Gasteiger partial charge in [0.25, 0.3) is 5.91 Å². The van der Waals surface area contributed by atoms with Crippen molar-refractivity contribution < 1.29 is 18.7 Å². The molecule has 1 aliphatic rings. The molecule has 0 aromatic heterocycles. The summed E-state index contributed by atoms with van der Waals surface area (Å²) in [5, 5.41) is -0.0674. The van der Waals surface area contributed by atoms with E-state index in [1.54, 1.807) is 17.9 Å². The molecule has 1 aromatic carbocycles. The summed E-state index contributed by atoms with van der Waals surface area (Å²) in [6.07, 6.45) is 1.07. The van der Waals surface area contributed by atoms with Crippen molar-refractivity contribution in [2.45, 2.75) is 19.8 Å². The number of carbonyl (C=O) groups is 2. The van der Waals surface area contributed by atoms with Crippen LogP contribution in [0.1, 0.15) is 30.1 Å². The van der Waals surface area contributed by atoms with E-state index in [2.05, 4.69) is 0 Å². The zero-order chi connectivity index (χ0) is 15.4. The highest BCUT2D eigenvalue weighted by Gasteiger charge is 2.29. The first-order valence-corrected chi connectivity index (χ1v) is 7.32. The van der Waals surface area contributed by atoms with Gasteiger partial charge in [-0.1, -0.05) is 17.7 Å². The zero-order valence-corrected chi connectivity index (χ0v) is 12.5. The molecular weight excluding hydrogens is 297 g/mol. The molecule has 2 rings (SSSR count). The molecule has 0 bridgehead atoms. The van der Waals surface area contributed by atoms with Crippen LogP contribution in [0.25, 0.3) is 0 Å². The molecule has 0 spiro atoms. The summed E-state index contributed by atoms with van der Waals surface area (Å²) >= 11 is 5.69. The second-order valence-electron chi connectivity index (χ2n) is 4.92. The Morgan fingerprint density at radius 2 is 2.05 bits per heavy atom. The van der Waals surface area contributed by atoms with E-state index in [-0.39, 0.29) is 22.5 Å². The number of carbonyl (C=O) groups excluding carboxylic acids is 2. The maximum Gasteiger partial charge on any atom is 0.309 e. The highest BCUT2D eigenvalue weighted by molar-refractivity contribution is 6.31. The van der Waals surface area contributed by atoms with Gasteiger partial charge >= 0.3 is 5.97 Å². The van der Waals surface area contributed by atoms with E-state index < -0.39 is 11.7 Å². The molecular formula is C15H17ClFNO3. The van der Waals surface area contributed by atoms with Crippen LogP contribution in [0.4, 0.5) is 4.39 Å². The number of hydrogen-bond donors (Lipinski definition) is 0. The van der Waals surface area contributed by atoms with E-state index in [0.717, 1.165) is 0 Å². The van der Waals surface area contributed by atoms with E-state index in [4.69, 9.17) is 16.3 Å². The molecule has 114 valence electrons. The minimum Gasteiger partial charge on any atom is -0.466 e. The molecule has 6 heteroatoms. The summed E-state index contributed by atoms with van der Waals surface area (Å²) in [5.41, 5.74) is -0.0305. The van der Waals surface area contributed by atoms with Crippen molar-refractivity contribution >= 4 is 23.5 Å². The molecule has 0 N–H and O–H groups in total. The van der Waals surface area contributed by atoms with E-state index in [9.17, 15) is 14.0 Å². The van der Waals surface area contributed by atoms with E-state index in [1.807, 2.05) is 0 Å². The molecule has 1 fully saturated rings. The predicted molar refractivity (Wildman–Crippen MR) is 76.7 cm³/mol. The lowest BCUT2D eigenvalue weighted by Crippen LogP contribution is -2.41. The Kier molecular flexibility index (Phi) is 5.17. The average Bonchev–Trinajstić information content (AvgIpc) is 2.50. The lowest BCUT2D eigenvalue weighted by Gasteiger charge is -2.31. The number of nitrogens with zero attached hydrogens (tertiary/aromatic N) is 1. The van der Waals surface area contributed by atoms with Gasteiger partial charge in [0.1, 0.15) is 0 Å². The molecule has 21 heavy (non-hydrogen) atoms. The van der Waals surface area contributed by atoms with Crippen LogP contribution in [0.3, 0.4) is 0 Å². The number of halogens is 2. The fourth-order valence-electron chi connectivity index (χ4n) is 2.42. The van der Waals surface area contributed by atoms with Gasteiger partial charge in [0.2, 0.25) is 0 Å². The monoisotopic (exact) mass is 313 g/mol. The Bertz CT molecular complexity index is 542. The van der Waals surface area contributed by atoms with Crippen LogP contribution >= 0.6 is 11.6 Å². The minimum absolute atomic E-state index is 0.0305. The van der Waals surface area contributed by atoms with Crippen molar-refractivity contribution in [2.24, 2.45) is 5.92 Å². The number of benzene rings is 1. The number of rotatable bonds is 3. The van der Waals surface area contributed by atoms with Gasteiger partial charge < -0.3 is 9.64 Å². The quantitative estimate of drug-likeness (QED) is 0.806. The van der Waals surface area contributed by atoms with Crippen LogP contribution in [0.5, 0.6) is 0 Å². The molecule has 4 nitrogen and oxygen atoms in total. The summed E-state index contributed by atoms with van der Waals surface area (Å²) in [5.74, 6) is -1.49. The van der Waals surface area contributed by atoms with E-state index in [1.165, 1.54) is 12.1 Å². The van der Waals surface area contributed by atoms with Gasteiger partial charge in [-0.05, 0) is 31.9 Å². The number of likely N-dealkylation sites (tertiary alicyclic amines) is 1. The van der Waals surface area contributed by atoms with Gasteiger partial charge in [0.15, 0.2) is 5.82 Å². The standard InChI is InChI=1S/C15H17ClFNO3/c1-2-21-15(20)10-6-8-18(9-7-10)14(19)11-4-3-5-12(16)13(11)17/h3-5,10H,2,6-9H2,1H3. The Labute approximate surface area is 127 Å². The Morgan fingerprint density at radius 1 is 1.38 bits per heavy atom. The average molecular weight is 314 g/mol. The highest BCUT2D eigenvalue weighted by atomic mass is 35.5. The lowest BCUT2D eigenvalue weighted by molar-refractivity contribution is -0.149. The normalized spacial score (nSPS) is 15.9. The zero-order valence-electron chi connectivity index (χ0n) is 11.8. The van der Waals surface area contributed by atoms with Crippen LogP contribution in [0.15, 0.2) is 18.2 Å². The molecule has 1 saturated heterocycles. The third-order valence-corrected chi connectivity index (χ3v) is 3.88. The van der Waals surface area contributed by atoms with Gasteiger partial charge in [-0.15, -0.1) is 0 Å². The maximum atomic E-state index is 13.9. The Balaban J connectivity index is 2.00. The van der Waals surface area contributed by atoms with Crippen molar-refractivity contribution in [2.75, 3.05) is 19.7 Å². The Hall–Kier alpha value is -1.62. The smallest absolute Gasteiger partial charge is 0.309 e. The van der Waals surface area contributed by atoms with Gasteiger partial charge in [0, 0.05) is 13.1 Å². The van der Waals surface area contributed by atoms with Crippen molar-refractivity contribution in [1.29, 1.82) is 0 Å². The van der Waals surface area contributed by atoms with Crippen molar-refractivity contribution in [3.05, 3.63) is 34.6 Å². The molecule has 0 unspecified atom stereocenters. The third kappa shape index (κ3) is 3.53. The van der Waals surface area contributed by atoms with Crippen molar-refractivity contribution in [3.63, 3.8) is 0 Å². The molecule has 1 amide bonds. The summed E-state index contributed by atoms with van der Waals surface area (Å²) in [6.45, 7) is 2.94. The highest BCUT2D eigenvalue weighted by Crippen LogP contribution is 2.23. The van der Waals surface area contributed by atoms with Crippen LogP contribution in [0.2, 0.25) is 5.02 Å². The molecule has 0 aliphatic carbocycles. The second kappa shape index (κ2) is 6.89. The summed E-state index contributed by atoms with van der Waals surface area (Å²) < 4.78 is 18.8. The second-order valence-corrected chi connectivity index (χ2v) is 5.33. The summed E-state index contributed by atoms with van der Waals surface area (Å²) in [4.78, 5) is 25.5. The van der Waals surface area contributed by atoms with Gasteiger partial charge in [-0.3, -0.25) is 9.59 Å². The number of esters is 1. The lowest BCUT2D eigenvalue weighted by atomic mass is 9.96. The molecule has 0 saturated carbocycles. The molecule has 1 aliphatic heterocycles. The van der Waals surface area contributed by atoms with E-state index in [0.29, 0.717) is 32.5 Å². The van der Waals surface area contributed by atoms with Crippen molar-refractivity contribution in [1.82, 2.24) is 4.90 Å². The number of ether oxygens (including phenoxy) is 1. The minimum atomic E-state index is -0.698. The maximum absolute atomic E-state index is 13.9. The summed E-state index contributed by atoms with van der Waals surface area (Å²) in [7, 11) is 0. The number of hydrogen-bond acceptors (Lipinski definition) is 3. The predicted octanol–water partition coefficient (Wildman–Crippen LogP) is 2.89. The topological polar surface area (TPSA) is 46.6 Å². The first-order chi connectivity index (χ1) is 10.0. The molecule has 0 atom stereocenters. The van der Waals surface area contributed by atoms with E-state index >= 15 is 0 Å². The van der Waals surface area contributed by atoms with Crippen LogP contribution in [-0.2, 0) is 9.53 Å². The van der Waals surface area contributed by atoms with Crippen molar-refractivity contribution in [3.8, 4) is 0 Å². The Morgan fingerprint density at radius 3 is 2.67 bits per heavy atom. The molecule has 1 aromatic rings. The SMILES string of the molecule is CCOC(=O)C1CCN(C(=O)c2cccc(Cl)c2F)CC1. The van der Waals surface area contributed by atoms with Gasteiger partial charge in [-0.25, -0.2) is 4.39 Å². The largest absolute Gasteiger partial charge is 0.466 e. The fraction of sp³-hybridized carbons (Fsp3) is 0.467. The first kappa shape index (κ1) is 15.8. The fourth-order valence-corrected chi connectivity index (χ4v) is 2.59. The summed E-state index contributed by atoms with van der Waals surface area (Å²) in [6, 6.07) is 4.37. The number of piperidine rings is 1.